The molecule has 8 heteroatoms. The second-order valence-corrected chi connectivity index (χ2v) is 5.04. The maximum Gasteiger partial charge on any atom is 0.355 e. The van der Waals surface area contributed by atoms with Gasteiger partial charge >= 0.3 is 5.97 Å². The first-order chi connectivity index (χ1) is 7.65. The Labute approximate surface area is 99.0 Å². The quantitative estimate of drug-likeness (QED) is 0.864. The van der Waals surface area contributed by atoms with Crippen LogP contribution in [0.2, 0.25) is 0 Å². The molecule has 0 atom stereocenters. The molecule has 0 bridgehead atoms. The zero-order valence-electron chi connectivity index (χ0n) is 8.30. The third-order valence-electron chi connectivity index (χ3n) is 1.69. The molecule has 0 saturated carbocycles. The van der Waals surface area contributed by atoms with Gasteiger partial charge in [-0.05, 0) is 6.92 Å². The summed E-state index contributed by atoms with van der Waals surface area (Å²) in [5.74, 6) is -1.01. The highest BCUT2D eigenvalue weighted by Crippen LogP contribution is 2.16. The van der Waals surface area contributed by atoms with Crippen LogP contribution in [0.15, 0.2) is 5.38 Å². The second kappa shape index (κ2) is 4.54. The summed E-state index contributed by atoms with van der Waals surface area (Å²) in [6.07, 6.45) is 0. The molecule has 0 spiro atoms. The number of hydrogen-bond acceptors (Lipinski definition) is 7. The van der Waals surface area contributed by atoms with Crippen molar-refractivity contribution in [2.24, 2.45) is 0 Å². The van der Waals surface area contributed by atoms with Crippen molar-refractivity contribution in [1.29, 1.82) is 0 Å². The Bertz CT molecular complexity index is 508. The van der Waals surface area contributed by atoms with Gasteiger partial charge in [0.25, 0.3) is 0 Å². The molecule has 2 aromatic rings. The van der Waals surface area contributed by atoms with Gasteiger partial charge in [-0.15, -0.1) is 21.5 Å². The van der Waals surface area contributed by atoms with Crippen LogP contribution < -0.4 is 5.32 Å². The predicted molar refractivity (Wildman–Crippen MR) is 61.0 cm³/mol. The Hall–Kier alpha value is -1.54. The third-order valence-corrected chi connectivity index (χ3v) is 3.33. The number of rotatable bonds is 4. The Morgan fingerprint density at radius 2 is 2.38 bits per heavy atom. The van der Waals surface area contributed by atoms with Crippen LogP contribution in [0.25, 0.3) is 0 Å². The molecule has 84 valence electrons. The van der Waals surface area contributed by atoms with E-state index in [4.69, 9.17) is 5.11 Å². The average Bonchev–Trinajstić information content (AvgIpc) is 2.83. The van der Waals surface area contributed by atoms with E-state index < -0.39 is 5.97 Å². The largest absolute Gasteiger partial charge is 0.476 e. The first-order valence-corrected chi connectivity index (χ1v) is 6.06. The number of thiazole rings is 1. The molecule has 0 aliphatic heterocycles. The lowest BCUT2D eigenvalue weighted by molar-refractivity contribution is 0.0691. The second-order valence-electron chi connectivity index (χ2n) is 2.91. The number of aromatic nitrogens is 3. The molecule has 0 saturated heterocycles. The van der Waals surface area contributed by atoms with Crippen LogP contribution in [0, 0.1) is 6.92 Å². The van der Waals surface area contributed by atoms with Crippen molar-refractivity contribution in [1.82, 2.24) is 15.2 Å². The number of carboxylic acid groups (broad SMARTS) is 1. The van der Waals surface area contributed by atoms with Gasteiger partial charge in [-0.3, -0.25) is 0 Å². The van der Waals surface area contributed by atoms with Crippen molar-refractivity contribution in [3.63, 3.8) is 0 Å². The SMILES string of the molecule is Cc1nnc(NCc2nc(C(=O)O)cs2)s1. The molecular formula is C8H8N4O2S2. The van der Waals surface area contributed by atoms with Crippen molar-refractivity contribution >= 4 is 33.8 Å². The van der Waals surface area contributed by atoms with E-state index >= 15 is 0 Å². The number of carbonyl (C=O) groups is 1. The maximum absolute atomic E-state index is 10.6. The summed E-state index contributed by atoms with van der Waals surface area (Å²) in [6.45, 7) is 2.33. The summed E-state index contributed by atoms with van der Waals surface area (Å²) >= 11 is 2.75. The van der Waals surface area contributed by atoms with Gasteiger partial charge in [0.2, 0.25) is 5.13 Å². The minimum atomic E-state index is -1.01. The molecule has 0 unspecified atom stereocenters. The summed E-state index contributed by atoms with van der Waals surface area (Å²) in [4.78, 5) is 14.5. The number of anilines is 1. The van der Waals surface area contributed by atoms with E-state index in [1.165, 1.54) is 28.1 Å². The van der Waals surface area contributed by atoms with Crippen LogP contribution >= 0.6 is 22.7 Å². The van der Waals surface area contributed by atoms with Crippen molar-refractivity contribution < 1.29 is 9.90 Å². The van der Waals surface area contributed by atoms with E-state index in [9.17, 15) is 4.79 Å². The Balaban J connectivity index is 1.97. The lowest BCUT2D eigenvalue weighted by Crippen LogP contribution is -2.01. The van der Waals surface area contributed by atoms with Crippen molar-refractivity contribution in [2.75, 3.05) is 5.32 Å². The number of nitrogens with one attached hydrogen (secondary N) is 1. The minimum Gasteiger partial charge on any atom is -0.476 e. The van der Waals surface area contributed by atoms with Gasteiger partial charge in [0.05, 0.1) is 6.54 Å². The summed E-state index contributed by atoms with van der Waals surface area (Å²) < 4.78 is 0. The number of hydrogen-bond donors (Lipinski definition) is 2. The van der Waals surface area contributed by atoms with Crippen LogP contribution in [0.5, 0.6) is 0 Å². The lowest BCUT2D eigenvalue weighted by atomic mass is 10.5. The highest BCUT2D eigenvalue weighted by Gasteiger charge is 2.08. The zero-order valence-corrected chi connectivity index (χ0v) is 9.93. The Morgan fingerprint density at radius 3 is 2.94 bits per heavy atom. The highest BCUT2D eigenvalue weighted by molar-refractivity contribution is 7.15. The highest BCUT2D eigenvalue weighted by atomic mass is 32.1. The monoisotopic (exact) mass is 256 g/mol. The minimum absolute atomic E-state index is 0.0789. The third kappa shape index (κ3) is 2.52. The Morgan fingerprint density at radius 1 is 1.56 bits per heavy atom. The molecule has 16 heavy (non-hydrogen) atoms. The van der Waals surface area contributed by atoms with E-state index in [2.05, 4.69) is 20.5 Å². The molecule has 0 radical (unpaired) electrons. The first-order valence-electron chi connectivity index (χ1n) is 4.37. The first kappa shape index (κ1) is 11.0. The molecule has 6 nitrogen and oxygen atoms in total. The smallest absolute Gasteiger partial charge is 0.355 e. The van der Waals surface area contributed by atoms with Crippen molar-refractivity contribution in [3.05, 3.63) is 21.1 Å². The Kier molecular flexibility index (Phi) is 3.11. The van der Waals surface area contributed by atoms with Crippen LogP contribution in [-0.2, 0) is 6.54 Å². The average molecular weight is 256 g/mol. The molecular weight excluding hydrogens is 248 g/mol. The van der Waals surface area contributed by atoms with Gasteiger partial charge in [-0.1, -0.05) is 11.3 Å². The fourth-order valence-corrected chi connectivity index (χ4v) is 2.30. The predicted octanol–water partition coefficient (Wildman–Crippen LogP) is 1.61. The molecule has 0 aliphatic rings. The lowest BCUT2D eigenvalue weighted by Gasteiger charge is -1.96. The molecule has 2 heterocycles. The van der Waals surface area contributed by atoms with Crippen LogP contribution in [0.1, 0.15) is 20.5 Å². The number of aryl methyl sites for hydroxylation is 1. The van der Waals surface area contributed by atoms with Crippen molar-refractivity contribution in [2.45, 2.75) is 13.5 Å². The topological polar surface area (TPSA) is 88.0 Å². The summed E-state index contributed by atoms with van der Waals surface area (Å²) in [5.41, 5.74) is 0.0789. The van der Waals surface area contributed by atoms with E-state index in [1.807, 2.05) is 6.92 Å². The normalized spacial score (nSPS) is 10.3. The summed E-state index contributed by atoms with van der Waals surface area (Å²) in [5, 5.41) is 23.3. The number of aromatic carboxylic acids is 1. The molecule has 2 rings (SSSR count). The number of nitrogens with zero attached hydrogens (tertiary/aromatic N) is 3. The van der Waals surface area contributed by atoms with E-state index in [-0.39, 0.29) is 5.69 Å². The van der Waals surface area contributed by atoms with E-state index in [0.29, 0.717) is 16.7 Å². The van der Waals surface area contributed by atoms with Crippen LogP contribution in [0.4, 0.5) is 5.13 Å². The standard InChI is InChI=1S/C8H8N4O2S2/c1-4-11-12-8(16-4)9-2-6-10-5(3-15-6)7(13)14/h3H,2H2,1H3,(H,9,12)(H,13,14). The van der Waals surface area contributed by atoms with Crippen LogP contribution in [0.3, 0.4) is 0 Å². The van der Waals surface area contributed by atoms with Gasteiger partial charge in [-0.25, -0.2) is 9.78 Å². The number of carboxylic acids is 1. The zero-order chi connectivity index (χ0) is 11.5. The van der Waals surface area contributed by atoms with Gasteiger partial charge in [0.1, 0.15) is 10.0 Å². The molecule has 0 fully saturated rings. The summed E-state index contributed by atoms with van der Waals surface area (Å²) in [6, 6.07) is 0. The maximum atomic E-state index is 10.6. The molecule has 0 aliphatic carbocycles. The van der Waals surface area contributed by atoms with Gasteiger partial charge in [0, 0.05) is 5.38 Å². The van der Waals surface area contributed by atoms with Crippen molar-refractivity contribution in [3.8, 4) is 0 Å². The molecule has 0 aromatic carbocycles. The molecule has 2 aromatic heterocycles. The molecule has 0 amide bonds. The van der Waals surface area contributed by atoms with E-state index in [1.54, 1.807) is 0 Å². The fourth-order valence-electron chi connectivity index (χ4n) is 1.01. The van der Waals surface area contributed by atoms with Gasteiger partial charge < -0.3 is 10.4 Å². The van der Waals surface area contributed by atoms with Gasteiger partial charge in [-0.2, -0.15) is 0 Å². The molecule has 2 N–H and O–H groups in total. The van der Waals surface area contributed by atoms with Crippen LogP contribution in [-0.4, -0.2) is 26.3 Å². The van der Waals surface area contributed by atoms with E-state index in [0.717, 1.165) is 5.01 Å². The van der Waals surface area contributed by atoms with Gasteiger partial charge in [0.15, 0.2) is 5.69 Å². The fraction of sp³-hybridized carbons (Fsp3) is 0.250. The summed E-state index contributed by atoms with van der Waals surface area (Å²) in [7, 11) is 0.